The highest BCUT2D eigenvalue weighted by Gasteiger charge is 2.34. The molecule has 0 saturated carbocycles. The number of hydrogen-bond acceptors (Lipinski definition) is 5. The van der Waals surface area contributed by atoms with Crippen LogP contribution in [-0.4, -0.2) is 32.5 Å². The van der Waals surface area contributed by atoms with Gasteiger partial charge < -0.3 is 4.90 Å². The lowest BCUT2D eigenvalue weighted by Gasteiger charge is -2.14. The Labute approximate surface area is 138 Å². The summed E-state index contributed by atoms with van der Waals surface area (Å²) in [6.45, 7) is 7.29. The highest BCUT2D eigenvalue weighted by atomic mass is 32.2. The largest absolute Gasteiger partial charge is 0.308 e. The highest BCUT2D eigenvalue weighted by Crippen LogP contribution is 2.37. The van der Waals surface area contributed by atoms with Gasteiger partial charge in [-0.3, -0.25) is 9.48 Å². The van der Waals surface area contributed by atoms with E-state index in [1.807, 2.05) is 24.3 Å². The van der Waals surface area contributed by atoms with E-state index in [9.17, 15) is 4.79 Å². The van der Waals surface area contributed by atoms with Gasteiger partial charge in [0.25, 0.3) is 0 Å². The van der Waals surface area contributed by atoms with Crippen LogP contribution in [0.4, 0.5) is 5.69 Å². The van der Waals surface area contributed by atoms with Crippen LogP contribution in [-0.2, 0) is 17.3 Å². The maximum atomic E-state index is 12.6. The Bertz CT molecular complexity index is 686. The van der Waals surface area contributed by atoms with Crippen LogP contribution in [0.3, 0.4) is 0 Å². The third-order valence-electron chi connectivity index (χ3n) is 3.63. The summed E-state index contributed by atoms with van der Waals surface area (Å²) in [5, 5.41) is 4.10. The monoisotopic (exact) mass is 336 g/mol. The fourth-order valence-electron chi connectivity index (χ4n) is 2.35. The summed E-state index contributed by atoms with van der Waals surface area (Å²) >= 11 is 3.28. The van der Waals surface area contributed by atoms with E-state index in [-0.39, 0.29) is 16.6 Å². The van der Waals surface area contributed by atoms with Gasteiger partial charge in [-0.15, -0.1) is 11.3 Å². The number of anilines is 1. The minimum atomic E-state index is -0.0424. The van der Waals surface area contributed by atoms with E-state index < -0.39 is 0 Å². The van der Waals surface area contributed by atoms with Crippen molar-refractivity contribution in [3.63, 3.8) is 0 Å². The molecule has 1 aliphatic rings. The minimum Gasteiger partial charge on any atom is -0.308 e. The average Bonchev–Trinajstić information content (AvgIpc) is 3.12. The molecule has 2 aromatic heterocycles. The number of aromatic nitrogens is 3. The summed E-state index contributed by atoms with van der Waals surface area (Å²) in [7, 11) is 1.86. The molecule has 0 radical (unpaired) electrons. The molecule has 1 atom stereocenters. The lowest BCUT2D eigenvalue weighted by Crippen LogP contribution is -2.27. The lowest BCUT2D eigenvalue weighted by atomic mass is 9.96. The molecule has 22 heavy (non-hydrogen) atoms. The lowest BCUT2D eigenvalue weighted by molar-refractivity contribution is -0.116. The van der Waals surface area contributed by atoms with E-state index in [1.165, 1.54) is 4.88 Å². The molecule has 1 amide bonds. The highest BCUT2D eigenvalue weighted by molar-refractivity contribution is 8.02. The van der Waals surface area contributed by atoms with Gasteiger partial charge in [0.15, 0.2) is 4.34 Å². The Balaban J connectivity index is 1.69. The quantitative estimate of drug-likeness (QED) is 0.864. The van der Waals surface area contributed by atoms with Crippen LogP contribution in [0.2, 0.25) is 0 Å². The maximum Gasteiger partial charge on any atom is 0.240 e. The molecule has 1 saturated heterocycles. The molecule has 0 bridgehead atoms. The van der Waals surface area contributed by atoms with E-state index in [0.29, 0.717) is 0 Å². The summed E-state index contributed by atoms with van der Waals surface area (Å²) in [4.78, 5) is 20.1. The van der Waals surface area contributed by atoms with Gasteiger partial charge in [0.1, 0.15) is 0 Å². The van der Waals surface area contributed by atoms with Crippen LogP contribution in [0, 0.1) is 0 Å². The number of carbonyl (C=O) groups excluding carboxylic acids is 1. The molecule has 0 unspecified atom stereocenters. The van der Waals surface area contributed by atoms with Crippen LogP contribution in [0.15, 0.2) is 22.9 Å². The van der Waals surface area contributed by atoms with E-state index in [2.05, 4.69) is 30.9 Å². The molecule has 7 heteroatoms. The number of nitrogens with zero attached hydrogens (tertiary/aromatic N) is 4. The second-order valence-corrected chi connectivity index (χ2v) is 8.98. The number of thiazole rings is 1. The van der Waals surface area contributed by atoms with Crippen molar-refractivity contribution in [1.29, 1.82) is 0 Å². The molecule has 3 rings (SSSR count). The second kappa shape index (κ2) is 5.70. The molecular formula is C15H20N4OS2. The smallest absolute Gasteiger partial charge is 0.240 e. The molecule has 0 aromatic carbocycles. The number of hydrogen-bond donors (Lipinski definition) is 0. The Morgan fingerprint density at radius 3 is 2.73 bits per heavy atom. The summed E-state index contributed by atoms with van der Waals surface area (Å²) < 4.78 is 2.70. The first-order valence-corrected chi connectivity index (χ1v) is 8.97. The van der Waals surface area contributed by atoms with Gasteiger partial charge in [-0.25, -0.2) is 4.98 Å². The Hall–Kier alpha value is -1.34. The molecule has 1 aliphatic heterocycles. The predicted molar refractivity (Wildman–Crippen MR) is 90.6 cm³/mol. The first-order chi connectivity index (χ1) is 10.3. The van der Waals surface area contributed by atoms with Crippen LogP contribution >= 0.6 is 23.1 Å². The third kappa shape index (κ3) is 3.05. The van der Waals surface area contributed by atoms with Gasteiger partial charge in [-0.05, 0) is 11.8 Å². The molecule has 3 heterocycles. The number of rotatable bonds is 3. The zero-order chi connectivity index (χ0) is 15.9. The van der Waals surface area contributed by atoms with Crippen LogP contribution < -0.4 is 4.90 Å². The molecule has 2 aromatic rings. The van der Waals surface area contributed by atoms with E-state index in [1.54, 1.807) is 34.0 Å². The van der Waals surface area contributed by atoms with Crippen molar-refractivity contribution in [2.24, 2.45) is 7.05 Å². The van der Waals surface area contributed by atoms with Crippen molar-refractivity contribution >= 4 is 34.7 Å². The van der Waals surface area contributed by atoms with Crippen LogP contribution in [0.5, 0.6) is 0 Å². The fraction of sp³-hybridized carbons (Fsp3) is 0.533. The molecule has 1 fully saturated rings. The zero-order valence-corrected chi connectivity index (χ0v) is 14.9. The number of carbonyl (C=O) groups is 1. The molecule has 0 N–H and O–H groups in total. The van der Waals surface area contributed by atoms with Gasteiger partial charge in [0.05, 0.1) is 17.1 Å². The Kier molecular flexibility index (Phi) is 4.03. The molecular weight excluding hydrogens is 316 g/mol. The number of amides is 1. The van der Waals surface area contributed by atoms with Crippen LogP contribution in [0.1, 0.15) is 32.1 Å². The summed E-state index contributed by atoms with van der Waals surface area (Å²) in [6.07, 6.45) is 6.41. The van der Waals surface area contributed by atoms with Crippen molar-refractivity contribution < 1.29 is 4.79 Å². The van der Waals surface area contributed by atoms with Gasteiger partial charge in [-0.2, -0.15) is 5.10 Å². The third-order valence-corrected chi connectivity index (χ3v) is 6.41. The van der Waals surface area contributed by atoms with Gasteiger partial charge in [0, 0.05) is 30.9 Å². The summed E-state index contributed by atoms with van der Waals surface area (Å²) in [5.41, 5.74) is 0.989. The predicted octanol–water partition coefficient (Wildman–Crippen LogP) is 3.07. The molecule has 5 nitrogen and oxygen atoms in total. The molecule has 0 aliphatic carbocycles. The minimum absolute atomic E-state index is 0.0424. The van der Waals surface area contributed by atoms with Gasteiger partial charge in [0.2, 0.25) is 5.91 Å². The SMILES string of the molecule is Cn1cc(N2CC[C@@H](Sc3ncc(C(C)(C)C)s3)C2=O)cn1. The van der Waals surface area contributed by atoms with Crippen molar-refractivity contribution in [1.82, 2.24) is 14.8 Å². The van der Waals surface area contributed by atoms with Crippen molar-refractivity contribution in [3.8, 4) is 0 Å². The number of thioether (sulfide) groups is 1. The zero-order valence-electron chi connectivity index (χ0n) is 13.2. The summed E-state index contributed by atoms with van der Waals surface area (Å²) in [6, 6.07) is 0. The van der Waals surface area contributed by atoms with Crippen molar-refractivity contribution in [3.05, 3.63) is 23.5 Å². The van der Waals surface area contributed by atoms with E-state index in [4.69, 9.17) is 0 Å². The van der Waals surface area contributed by atoms with E-state index >= 15 is 0 Å². The first kappa shape index (κ1) is 15.6. The topological polar surface area (TPSA) is 51.0 Å². The maximum absolute atomic E-state index is 12.6. The molecule has 0 spiro atoms. The van der Waals surface area contributed by atoms with Gasteiger partial charge >= 0.3 is 0 Å². The van der Waals surface area contributed by atoms with Crippen molar-refractivity contribution in [2.75, 3.05) is 11.4 Å². The first-order valence-electron chi connectivity index (χ1n) is 7.27. The second-order valence-electron chi connectivity index (χ2n) is 6.50. The number of aryl methyl sites for hydroxylation is 1. The van der Waals surface area contributed by atoms with Crippen LogP contribution in [0.25, 0.3) is 0 Å². The standard InChI is InChI=1S/C15H20N4OS2/c1-15(2,3)12-8-16-14(22-12)21-11-5-6-19(13(11)20)10-7-17-18(4)9-10/h7-9,11H,5-6H2,1-4H3/t11-/m1/s1. The molecule has 118 valence electrons. The normalized spacial score (nSPS) is 19.2. The summed E-state index contributed by atoms with van der Waals surface area (Å²) in [5.74, 6) is 0.158. The average molecular weight is 336 g/mol. The van der Waals surface area contributed by atoms with Crippen molar-refractivity contribution in [2.45, 2.75) is 42.2 Å². The fourth-order valence-corrected chi connectivity index (χ4v) is 4.67. The Morgan fingerprint density at radius 2 is 2.14 bits per heavy atom. The van der Waals surface area contributed by atoms with Gasteiger partial charge in [-0.1, -0.05) is 32.5 Å². The Morgan fingerprint density at radius 1 is 1.36 bits per heavy atom. The van der Waals surface area contributed by atoms with E-state index in [0.717, 1.165) is 23.0 Å².